The van der Waals surface area contributed by atoms with Crippen molar-refractivity contribution < 1.29 is 0 Å². The highest BCUT2D eigenvalue weighted by Gasteiger charge is 2.47. The second-order valence-electron chi connectivity index (χ2n) is 8.97. The van der Waals surface area contributed by atoms with Crippen molar-refractivity contribution >= 4 is 28.0 Å². The van der Waals surface area contributed by atoms with Crippen LogP contribution in [0.15, 0.2) is 54.7 Å². The van der Waals surface area contributed by atoms with Crippen LogP contribution in [0.2, 0.25) is 0 Å². The molecule has 0 amide bonds. The summed E-state index contributed by atoms with van der Waals surface area (Å²) in [6, 6.07) is 15.0. The van der Waals surface area contributed by atoms with Gasteiger partial charge >= 0.3 is 0 Å². The van der Waals surface area contributed by atoms with Crippen molar-refractivity contribution in [1.29, 1.82) is 0 Å². The van der Waals surface area contributed by atoms with Crippen molar-refractivity contribution in [3.63, 3.8) is 0 Å². The maximum Gasteiger partial charge on any atom is 0.0574 e. The van der Waals surface area contributed by atoms with Crippen molar-refractivity contribution in [2.45, 2.75) is 44.4 Å². The molecule has 28 heavy (non-hydrogen) atoms. The highest BCUT2D eigenvalue weighted by Crippen LogP contribution is 2.54. The number of fused-ring (bicyclic) bond motifs is 1. The van der Waals surface area contributed by atoms with Crippen LogP contribution >= 0.6 is 0 Å². The summed E-state index contributed by atoms with van der Waals surface area (Å²) in [7, 11) is 1.90. The Morgan fingerprint density at radius 1 is 1.11 bits per heavy atom. The van der Waals surface area contributed by atoms with E-state index in [4.69, 9.17) is 5.73 Å². The molecule has 1 saturated carbocycles. The number of hydrogen-bond acceptors (Lipinski definition) is 3. The topological polar surface area (TPSA) is 65.9 Å². The molecule has 4 heteroatoms. The zero-order valence-electron chi connectivity index (χ0n) is 17.2. The highest BCUT2D eigenvalue weighted by atomic mass is 14.9. The first-order valence-electron chi connectivity index (χ1n) is 9.90. The summed E-state index contributed by atoms with van der Waals surface area (Å²) in [5.41, 5.74) is 13.7. The SMILES string of the molecule is C=C(Nc1ccc2[nH]c(C(C)(C)C)cc2c1)C1(c2ccc(N)c(NC)c2)CC1. The van der Waals surface area contributed by atoms with Crippen molar-refractivity contribution in [1.82, 2.24) is 4.98 Å². The second kappa shape index (κ2) is 6.33. The van der Waals surface area contributed by atoms with Gasteiger partial charge in [-0.15, -0.1) is 0 Å². The molecule has 0 spiro atoms. The van der Waals surface area contributed by atoms with Gasteiger partial charge in [0.1, 0.15) is 0 Å². The van der Waals surface area contributed by atoms with Crippen LogP contribution in [-0.4, -0.2) is 12.0 Å². The Morgan fingerprint density at radius 2 is 1.86 bits per heavy atom. The molecule has 1 aliphatic carbocycles. The number of hydrogen-bond donors (Lipinski definition) is 4. The normalized spacial score (nSPS) is 15.4. The molecular weight excluding hydrogens is 344 g/mol. The molecule has 2 aromatic carbocycles. The lowest BCUT2D eigenvalue weighted by molar-refractivity contribution is 0.574. The Kier molecular flexibility index (Phi) is 4.18. The van der Waals surface area contributed by atoms with Crippen molar-refractivity contribution in [2.24, 2.45) is 0 Å². The molecule has 0 atom stereocenters. The molecule has 146 valence electrons. The van der Waals surface area contributed by atoms with Crippen molar-refractivity contribution in [3.8, 4) is 0 Å². The summed E-state index contributed by atoms with van der Waals surface area (Å²) in [4.78, 5) is 3.53. The monoisotopic (exact) mass is 374 g/mol. The van der Waals surface area contributed by atoms with Gasteiger partial charge < -0.3 is 21.4 Å². The van der Waals surface area contributed by atoms with Gasteiger partial charge in [0.05, 0.1) is 11.4 Å². The van der Waals surface area contributed by atoms with Gasteiger partial charge in [-0.05, 0) is 54.8 Å². The van der Waals surface area contributed by atoms with Crippen LogP contribution in [0.4, 0.5) is 17.1 Å². The standard InChI is InChI=1S/C24H30N4/c1-15(24(10-11-24)17-6-8-19(25)21(14-17)26-5)27-18-7-9-20-16(12-18)13-22(28-20)23(2,3)4/h6-9,12-14,26-28H,1,10-11,25H2,2-5H3. The van der Waals surface area contributed by atoms with Crippen LogP contribution in [-0.2, 0) is 10.8 Å². The number of rotatable bonds is 5. The van der Waals surface area contributed by atoms with Gasteiger partial charge in [-0.2, -0.15) is 0 Å². The lowest BCUT2D eigenvalue weighted by Gasteiger charge is -2.22. The van der Waals surface area contributed by atoms with Gasteiger partial charge in [0.2, 0.25) is 0 Å². The van der Waals surface area contributed by atoms with Gasteiger partial charge in [0, 0.05) is 45.9 Å². The zero-order chi connectivity index (χ0) is 20.1. The molecule has 1 fully saturated rings. The number of H-pyrrole nitrogens is 1. The maximum absolute atomic E-state index is 6.05. The van der Waals surface area contributed by atoms with E-state index in [0.29, 0.717) is 0 Å². The minimum absolute atomic E-state index is 0.0109. The molecule has 0 unspecified atom stereocenters. The van der Waals surface area contributed by atoms with Gasteiger partial charge in [-0.25, -0.2) is 0 Å². The van der Waals surface area contributed by atoms with E-state index < -0.39 is 0 Å². The number of allylic oxidation sites excluding steroid dienone is 1. The Balaban J connectivity index is 1.59. The summed E-state index contributed by atoms with van der Waals surface area (Å²) < 4.78 is 0. The quantitative estimate of drug-likeness (QED) is 0.430. The van der Waals surface area contributed by atoms with E-state index in [2.05, 4.69) is 79.4 Å². The van der Waals surface area contributed by atoms with E-state index in [1.807, 2.05) is 13.1 Å². The number of benzene rings is 2. The average Bonchev–Trinajstić information content (AvgIpc) is 3.34. The number of aromatic nitrogens is 1. The highest BCUT2D eigenvalue weighted by molar-refractivity contribution is 5.84. The van der Waals surface area contributed by atoms with E-state index in [9.17, 15) is 0 Å². The van der Waals surface area contributed by atoms with E-state index in [1.54, 1.807) is 0 Å². The first-order chi connectivity index (χ1) is 13.2. The maximum atomic E-state index is 6.05. The molecule has 0 saturated heterocycles. The summed E-state index contributed by atoms with van der Waals surface area (Å²) in [6.07, 6.45) is 2.21. The van der Waals surface area contributed by atoms with E-state index >= 15 is 0 Å². The van der Waals surface area contributed by atoms with Gasteiger partial charge in [0.25, 0.3) is 0 Å². The summed E-state index contributed by atoms with van der Waals surface area (Å²) in [6.45, 7) is 11.1. The fourth-order valence-electron chi connectivity index (χ4n) is 3.87. The molecule has 0 aliphatic heterocycles. The molecule has 0 radical (unpaired) electrons. The molecule has 1 aromatic heterocycles. The second-order valence-corrected chi connectivity index (χ2v) is 8.97. The van der Waals surface area contributed by atoms with Crippen LogP contribution in [0.5, 0.6) is 0 Å². The molecule has 3 aromatic rings. The molecule has 5 N–H and O–H groups in total. The Morgan fingerprint density at radius 3 is 2.50 bits per heavy atom. The van der Waals surface area contributed by atoms with E-state index in [1.165, 1.54) is 22.2 Å². The van der Waals surface area contributed by atoms with Gasteiger partial charge in [0.15, 0.2) is 0 Å². The van der Waals surface area contributed by atoms with Gasteiger partial charge in [-0.3, -0.25) is 0 Å². The minimum atomic E-state index is -0.0109. The number of nitrogen functional groups attached to an aromatic ring is 1. The smallest absolute Gasteiger partial charge is 0.0574 e. The lowest BCUT2D eigenvalue weighted by atomic mass is 9.91. The van der Waals surface area contributed by atoms with Crippen LogP contribution in [0.3, 0.4) is 0 Å². The molecule has 4 rings (SSSR count). The summed E-state index contributed by atoms with van der Waals surface area (Å²) in [5, 5.41) is 7.98. The summed E-state index contributed by atoms with van der Waals surface area (Å²) in [5.74, 6) is 0. The van der Waals surface area contributed by atoms with Crippen LogP contribution < -0.4 is 16.4 Å². The van der Waals surface area contributed by atoms with Crippen molar-refractivity contribution in [3.05, 3.63) is 66.0 Å². The first-order valence-corrected chi connectivity index (χ1v) is 9.90. The fourth-order valence-corrected chi connectivity index (χ4v) is 3.87. The van der Waals surface area contributed by atoms with Crippen LogP contribution in [0.25, 0.3) is 10.9 Å². The van der Waals surface area contributed by atoms with E-state index in [-0.39, 0.29) is 10.8 Å². The number of nitrogens with one attached hydrogen (secondary N) is 3. The third-order valence-corrected chi connectivity index (χ3v) is 5.93. The van der Waals surface area contributed by atoms with Gasteiger partial charge in [-0.1, -0.05) is 33.4 Å². The Labute approximate surface area is 167 Å². The van der Waals surface area contributed by atoms with Crippen LogP contribution in [0, 0.1) is 0 Å². The number of anilines is 3. The largest absolute Gasteiger partial charge is 0.397 e. The minimum Gasteiger partial charge on any atom is -0.397 e. The molecule has 1 aliphatic rings. The molecule has 1 heterocycles. The molecule has 4 nitrogen and oxygen atoms in total. The van der Waals surface area contributed by atoms with Crippen LogP contribution in [0.1, 0.15) is 44.9 Å². The van der Waals surface area contributed by atoms with Crippen molar-refractivity contribution in [2.75, 3.05) is 23.4 Å². The fraction of sp³-hybridized carbons (Fsp3) is 0.333. The Hall–Kier alpha value is -2.88. The summed E-state index contributed by atoms with van der Waals surface area (Å²) >= 11 is 0. The van der Waals surface area contributed by atoms with E-state index in [0.717, 1.165) is 35.6 Å². The molecular formula is C24H30N4. The first kappa shape index (κ1) is 18.5. The third kappa shape index (κ3) is 3.13. The third-order valence-electron chi connectivity index (χ3n) is 5.93. The zero-order valence-corrected chi connectivity index (χ0v) is 17.2. The predicted molar refractivity (Wildman–Crippen MR) is 121 cm³/mol. The number of aromatic amines is 1. The lowest BCUT2D eigenvalue weighted by Crippen LogP contribution is -2.16. The molecule has 0 bridgehead atoms. The number of nitrogens with two attached hydrogens (primary N) is 1. The Bertz CT molecular complexity index is 1050. The predicted octanol–water partition coefficient (Wildman–Crippen LogP) is 5.75. The average molecular weight is 375 g/mol.